The summed E-state index contributed by atoms with van der Waals surface area (Å²) in [6, 6.07) is 8.87. The zero-order valence-electron chi connectivity index (χ0n) is 13.1. The third-order valence-corrected chi connectivity index (χ3v) is 4.14. The van der Waals surface area contributed by atoms with Gasteiger partial charge < -0.3 is 0 Å². The number of hydrogen-bond donors (Lipinski definition) is 1. The van der Waals surface area contributed by atoms with Crippen LogP contribution in [0.3, 0.4) is 0 Å². The van der Waals surface area contributed by atoms with Crippen LogP contribution in [0.2, 0.25) is 0 Å². The lowest BCUT2D eigenvalue weighted by atomic mass is 10.1. The number of hydrazone groups is 1. The first-order valence-corrected chi connectivity index (χ1v) is 8.50. The van der Waals surface area contributed by atoms with Crippen LogP contribution in [-0.4, -0.2) is 21.9 Å². The number of hydrogen-bond acceptors (Lipinski definition) is 5. The van der Waals surface area contributed by atoms with Gasteiger partial charge in [-0.05, 0) is 29.3 Å². The van der Waals surface area contributed by atoms with Crippen molar-refractivity contribution in [2.24, 2.45) is 5.10 Å². The zero-order valence-corrected chi connectivity index (χ0v) is 13.9. The fourth-order valence-electron chi connectivity index (χ4n) is 2.33. The Labute approximate surface area is 142 Å². The second-order valence-corrected chi connectivity index (χ2v) is 5.96. The molecule has 0 unspecified atom stereocenters. The van der Waals surface area contributed by atoms with Crippen LogP contribution in [-0.2, 0) is 6.54 Å². The largest absolute Gasteiger partial charge is 0.292 e. The van der Waals surface area contributed by atoms with E-state index in [1.165, 1.54) is 4.68 Å². The van der Waals surface area contributed by atoms with Crippen LogP contribution in [0.15, 0.2) is 51.0 Å². The molecule has 0 saturated heterocycles. The highest BCUT2D eigenvalue weighted by Crippen LogP contribution is 2.13. The molecule has 2 heterocycles. The average molecular weight is 340 g/mol. The molecular weight excluding hydrogens is 324 g/mol. The minimum absolute atomic E-state index is 0.189. The molecule has 3 aromatic rings. The molecule has 7 heteroatoms. The van der Waals surface area contributed by atoms with Crippen molar-refractivity contribution in [2.75, 3.05) is 0 Å². The lowest BCUT2D eigenvalue weighted by Crippen LogP contribution is -2.29. The van der Waals surface area contributed by atoms with Gasteiger partial charge in [0, 0.05) is 17.5 Å². The smallest absolute Gasteiger partial charge is 0.267 e. The Morgan fingerprint density at radius 3 is 2.83 bits per heavy atom. The van der Waals surface area contributed by atoms with Crippen LogP contribution < -0.4 is 11.0 Å². The molecule has 3 rings (SSSR count). The standard InChI is InChI=1S/C17H16N4O2S/c1-2-8-21-17(23)14-6-4-3-5-13(14)15(20-21)16(22)19-18-10-12-7-9-24-11-12/h3-7,9-11H,2,8H2,1H3,(H,19,22)/b18-10-. The van der Waals surface area contributed by atoms with Crippen molar-refractivity contribution in [1.29, 1.82) is 0 Å². The summed E-state index contributed by atoms with van der Waals surface area (Å²) < 4.78 is 1.33. The van der Waals surface area contributed by atoms with Crippen LogP contribution in [0.25, 0.3) is 10.8 Å². The van der Waals surface area contributed by atoms with Crippen molar-refractivity contribution < 1.29 is 4.79 Å². The summed E-state index contributed by atoms with van der Waals surface area (Å²) in [4.78, 5) is 24.9. The molecule has 0 saturated carbocycles. The third-order valence-electron chi connectivity index (χ3n) is 3.44. The van der Waals surface area contributed by atoms with Gasteiger partial charge in [0.1, 0.15) is 0 Å². The Morgan fingerprint density at radius 1 is 1.33 bits per heavy atom. The normalized spacial score (nSPS) is 11.2. The summed E-state index contributed by atoms with van der Waals surface area (Å²) in [5, 5.41) is 13.0. The van der Waals surface area contributed by atoms with Crippen molar-refractivity contribution >= 4 is 34.2 Å². The fourth-order valence-corrected chi connectivity index (χ4v) is 2.94. The summed E-state index contributed by atoms with van der Waals surface area (Å²) in [6.45, 7) is 2.41. The first-order chi connectivity index (χ1) is 11.7. The Kier molecular flexibility index (Phi) is 4.81. The van der Waals surface area contributed by atoms with E-state index >= 15 is 0 Å². The lowest BCUT2D eigenvalue weighted by molar-refractivity contribution is 0.0949. The molecule has 0 aliphatic heterocycles. The van der Waals surface area contributed by atoms with Gasteiger partial charge in [-0.25, -0.2) is 10.1 Å². The van der Waals surface area contributed by atoms with E-state index in [9.17, 15) is 9.59 Å². The first kappa shape index (κ1) is 16.1. The highest BCUT2D eigenvalue weighted by molar-refractivity contribution is 7.08. The van der Waals surface area contributed by atoms with E-state index in [1.54, 1.807) is 41.8 Å². The van der Waals surface area contributed by atoms with Crippen molar-refractivity contribution in [3.8, 4) is 0 Å². The van der Waals surface area contributed by atoms with E-state index in [-0.39, 0.29) is 11.3 Å². The summed E-state index contributed by atoms with van der Waals surface area (Å²) in [5.41, 5.74) is 3.39. The molecule has 2 aromatic heterocycles. The van der Waals surface area contributed by atoms with Gasteiger partial charge in [-0.2, -0.15) is 21.5 Å². The molecular formula is C17H16N4O2S. The molecule has 6 nitrogen and oxygen atoms in total. The topological polar surface area (TPSA) is 76.3 Å². The second-order valence-electron chi connectivity index (χ2n) is 5.18. The van der Waals surface area contributed by atoms with E-state index < -0.39 is 5.91 Å². The Morgan fingerprint density at radius 2 is 2.12 bits per heavy atom. The van der Waals surface area contributed by atoms with Crippen molar-refractivity contribution in [3.63, 3.8) is 0 Å². The molecule has 0 radical (unpaired) electrons. The summed E-state index contributed by atoms with van der Waals surface area (Å²) in [5.74, 6) is -0.442. The highest BCUT2D eigenvalue weighted by Gasteiger charge is 2.15. The van der Waals surface area contributed by atoms with E-state index in [0.717, 1.165) is 12.0 Å². The Bertz CT molecular complexity index is 945. The minimum Gasteiger partial charge on any atom is -0.267 e. The molecule has 122 valence electrons. The summed E-state index contributed by atoms with van der Waals surface area (Å²) in [7, 11) is 0. The number of rotatable bonds is 5. The van der Waals surface area contributed by atoms with Crippen LogP contribution in [0.1, 0.15) is 29.4 Å². The maximum absolute atomic E-state index is 12.5. The fraction of sp³-hybridized carbons (Fsp3) is 0.176. The van der Waals surface area contributed by atoms with E-state index in [2.05, 4.69) is 15.6 Å². The van der Waals surface area contributed by atoms with Gasteiger partial charge in [0.15, 0.2) is 5.69 Å². The van der Waals surface area contributed by atoms with Crippen molar-refractivity contribution in [3.05, 3.63) is 62.7 Å². The summed E-state index contributed by atoms with van der Waals surface area (Å²) in [6.07, 6.45) is 2.32. The molecule has 0 bridgehead atoms. The average Bonchev–Trinajstić information content (AvgIpc) is 3.11. The van der Waals surface area contributed by atoms with Gasteiger partial charge >= 0.3 is 0 Å². The lowest BCUT2D eigenvalue weighted by Gasteiger charge is -2.09. The minimum atomic E-state index is -0.442. The number of nitrogens with zero attached hydrogens (tertiary/aromatic N) is 3. The Balaban J connectivity index is 1.96. The molecule has 1 N–H and O–H groups in total. The maximum Gasteiger partial charge on any atom is 0.292 e. The van der Waals surface area contributed by atoms with Crippen LogP contribution in [0.5, 0.6) is 0 Å². The number of aryl methyl sites for hydroxylation is 1. The molecule has 0 spiro atoms. The van der Waals surface area contributed by atoms with Gasteiger partial charge in [0.2, 0.25) is 0 Å². The number of carbonyl (C=O) groups excluding carboxylic acids is 1. The van der Waals surface area contributed by atoms with Gasteiger partial charge in [-0.1, -0.05) is 25.1 Å². The van der Waals surface area contributed by atoms with Crippen LogP contribution in [0.4, 0.5) is 0 Å². The first-order valence-electron chi connectivity index (χ1n) is 7.56. The van der Waals surface area contributed by atoms with Gasteiger partial charge in [0.25, 0.3) is 11.5 Å². The van der Waals surface area contributed by atoms with Gasteiger partial charge in [-0.15, -0.1) is 0 Å². The number of carbonyl (C=O) groups is 1. The maximum atomic E-state index is 12.5. The van der Waals surface area contributed by atoms with E-state index in [4.69, 9.17) is 0 Å². The SMILES string of the molecule is CCCn1nc(C(=O)N/N=C\c2ccsc2)c2ccccc2c1=O. The number of thiophene rings is 1. The molecule has 24 heavy (non-hydrogen) atoms. The monoisotopic (exact) mass is 340 g/mol. The molecule has 0 aliphatic carbocycles. The second kappa shape index (κ2) is 7.18. The summed E-state index contributed by atoms with van der Waals surface area (Å²) >= 11 is 1.55. The predicted octanol–water partition coefficient (Wildman–Crippen LogP) is 2.63. The number of benzene rings is 1. The van der Waals surface area contributed by atoms with Crippen molar-refractivity contribution in [2.45, 2.75) is 19.9 Å². The number of amides is 1. The van der Waals surface area contributed by atoms with Crippen molar-refractivity contribution in [1.82, 2.24) is 15.2 Å². The van der Waals surface area contributed by atoms with E-state index in [1.807, 2.05) is 23.8 Å². The molecule has 0 atom stereocenters. The number of nitrogens with one attached hydrogen (secondary N) is 1. The third kappa shape index (κ3) is 3.26. The molecule has 0 aliphatic rings. The van der Waals surface area contributed by atoms with Gasteiger partial charge in [0.05, 0.1) is 11.6 Å². The predicted molar refractivity (Wildman–Crippen MR) is 95.7 cm³/mol. The number of aromatic nitrogens is 2. The Hall–Kier alpha value is -2.80. The van der Waals surface area contributed by atoms with Gasteiger partial charge in [-0.3, -0.25) is 9.59 Å². The number of fused-ring (bicyclic) bond motifs is 1. The quantitative estimate of drug-likeness (QED) is 0.573. The van der Waals surface area contributed by atoms with Crippen LogP contribution in [0, 0.1) is 0 Å². The zero-order chi connectivity index (χ0) is 16.9. The van der Waals surface area contributed by atoms with E-state index in [0.29, 0.717) is 17.3 Å². The molecule has 1 amide bonds. The molecule has 1 aromatic carbocycles. The van der Waals surface area contributed by atoms with Crippen LogP contribution >= 0.6 is 11.3 Å². The highest BCUT2D eigenvalue weighted by atomic mass is 32.1. The molecule has 0 fully saturated rings.